The van der Waals surface area contributed by atoms with Crippen molar-refractivity contribution in [2.75, 3.05) is 13.1 Å². The van der Waals surface area contributed by atoms with Crippen LogP contribution in [0, 0.1) is 18.3 Å². The predicted molar refractivity (Wildman–Crippen MR) is 82.3 cm³/mol. The van der Waals surface area contributed by atoms with Crippen LogP contribution in [0.4, 0.5) is 13.2 Å². The average molecular weight is 377 g/mol. The van der Waals surface area contributed by atoms with E-state index in [-0.39, 0.29) is 24.6 Å². The van der Waals surface area contributed by atoms with Gasteiger partial charge in [-0.05, 0) is 43.4 Å². The lowest BCUT2D eigenvalue weighted by atomic mass is 9.81. The number of alkyl halides is 3. The molecule has 3 rings (SSSR count). The lowest BCUT2D eigenvalue weighted by Crippen LogP contribution is -2.37. The molecule has 0 amide bonds. The number of aliphatic carboxylic acids is 1. The summed E-state index contributed by atoms with van der Waals surface area (Å²) in [5.74, 6) is -1.33. The van der Waals surface area contributed by atoms with Crippen molar-refractivity contribution in [1.29, 1.82) is 0 Å². The molecule has 1 aliphatic carbocycles. The fourth-order valence-corrected chi connectivity index (χ4v) is 5.57. The molecular formula is C16H18F3NO4S. The normalized spacial score (nSPS) is 27.4. The van der Waals surface area contributed by atoms with E-state index in [0.29, 0.717) is 25.3 Å². The third-order valence-electron chi connectivity index (χ3n) is 5.42. The number of hydrogen-bond acceptors (Lipinski definition) is 3. The molecule has 2 aliphatic rings. The minimum Gasteiger partial charge on any atom is -0.481 e. The molecule has 0 unspecified atom stereocenters. The van der Waals surface area contributed by atoms with Crippen LogP contribution in [0.15, 0.2) is 23.1 Å². The van der Waals surface area contributed by atoms with Crippen molar-refractivity contribution in [1.82, 2.24) is 4.31 Å². The lowest BCUT2D eigenvalue weighted by molar-refractivity contribution is -0.149. The van der Waals surface area contributed by atoms with Crippen LogP contribution in [0.1, 0.15) is 30.4 Å². The first kappa shape index (κ1) is 18.2. The molecule has 1 aromatic rings. The molecular weight excluding hydrogens is 359 g/mol. The van der Waals surface area contributed by atoms with E-state index in [4.69, 9.17) is 0 Å². The molecule has 0 radical (unpaired) electrons. The first-order chi connectivity index (χ1) is 11.5. The number of halogens is 3. The number of hydrogen-bond donors (Lipinski definition) is 1. The highest BCUT2D eigenvalue weighted by atomic mass is 32.2. The highest BCUT2D eigenvalue weighted by Crippen LogP contribution is 2.50. The first-order valence-electron chi connectivity index (χ1n) is 7.90. The van der Waals surface area contributed by atoms with Gasteiger partial charge < -0.3 is 5.11 Å². The van der Waals surface area contributed by atoms with E-state index in [1.165, 1.54) is 6.92 Å². The van der Waals surface area contributed by atoms with Crippen LogP contribution < -0.4 is 0 Å². The molecule has 1 aromatic carbocycles. The molecule has 1 aliphatic heterocycles. The Hall–Kier alpha value is -1.61. The maximum Gasteiger partial charge on any atom is 0.416 e. The van der Waals surface area contributed by atoms with Gasteiger partial charge in [-0.2, -0.15) is 17.5 Å². The topological polar surface area (TPSA) is 74.7 Å². The molecule has 1 saturated heterocycles. The molecule has 0 bridgehead atoms. The van der Waals surface area contributed by atoms with Crippen molar-refractivity contribution in [2.45, 2.75) is 37.3 Å². The fourth-order valence-electron chi connectivity index (χ4n) is 3.99. The number of fused-ring (bicyclic) bond motifs is 1. The summed E-state index contributed by atoms with van der Waals surface area (Å²) < 4.78 is 65.8. The SMILES string of the molecule is Cc1ccc(S(=O)(=O)N2C[C@@H]3CCC[C@@]3(C(=O)O)C2)cc1C(F)(F)F. The van der Waals surface area contributed by atoms with E-state index < -0.39 is 38.0 Å². The molecule has 2 atom stereocenters. The number of carbonyl (C=O) groups is 1. The molecule has 1 N–H and O–H groups in total. The quantitative estimate of drug-likeness (QED) is 0.879. The van der Waals surface area contributed by atoms with E-state index in [1.807, 2.05) is 0 Å². The van der Waals surface area contributed by atoms with Gasteiger partial charge in [0, 0.05) is 13.1 Å². The smallest absolute Gasteiger partial charge is 0.416 e. The molecule has 5 nitrogen and oxygen atoms in total. The van der Waals surface area contributed by atoms with Gasteiger partial charge in [-0.1, -0.05) is 12.5 Å². The number of rotatable bonds is 3. The summed E-state index contributed by atoms with van der Waals surface area (Å²) in [6.45, 7) is 1.10. The summed E-state index contributed by atoms with van der Waals surface area (Å²) >= 11 is 0. The lowest BCUT2D eigenvalue weighted by Gasteiger charge is -2.23. The predicted octanol–water partition coefficient (Wildman–Crippen LogP) is 2.89. The average Bonchev–Trinajstić information content (AvgIpc) is 3.04. The summed E-state index contributed by atoms with van der Waals surface area (Å²) in [4.78, 5) is 11.2. The van der Waals surface area contributed by atoms with Gasteiger partial charge in [0.05, 0.1) is 15.9 Å². The Bertz CT molecular complexity index is 821. The maximum atomic E-state index is 13.1. The number of nitrogens with zero attached hydrogens (tertiary/aromatic N) is 1. The van der Waals surface area contributed by atoms with Crippen molar-refractivity contribution in [3.8, 4) is 0 Å². The summed E-state index contributed by atoms with van der Waals surface area (Å²) in [5, 5.41) is 9.55. The second-order valence-corrected chi connectivity index (χ2v) is 8.76. The Labute approximate surface area is 143 Å². The van der Waals surface area contributed by atoms with Gasteiger partial charge in [0.15, 0.2) is 0 Å². The molecule has 1 saturated carbocycles. The highest BCUT2D eigenvalue weighted by molar-refractivity contribution is 7.89. The van der Waals surface area contributed by atoms with Crippen LogP contribution in [0.2, 0.25) is 0 Å². The highest BCUT2D eigenvalue weighted by Gasteiger charge is 2.57. The molecule has 1 heterocycles. The third kappa shape index (κ3) is 2.83. The summed E-state index contributed by atoms with van der Waals surface area (Å²) in [5.41, 5.74) is -2.18. The van der Waals surface area contributed by atoms with Gasteiger partial charge in [-0.15, -0.1) is 0 Å². The van der Waals surface area contributed by atoms with Crippen molar-refractivity contribution in [3.63, 3.8) is 0 Å². The Kier molecular flexibility index (Phi) is 4.15. The second kappa shape index (κ2) is 5.70. The molecule has 0 spiro atoms. The monoisotopic (exact) mass is 377 g/mol. The molecule has 2 fully saturated rings. The minimum atomic E-state index is -4.65. The molecule has 25 heavy (non-hydrogen) atoms. The number of aryl methyl sites for hydroxylation is 1. The number of carboxylic acids is 1. The summed E-state index contributed by atoms with van der Waals surface area (Å²) in [6.07, 6.45) is -2.94. The van der Waals surface area contributed by atoms with Gasteiger partial charge in [-0.25, -0.2) is 8.42 Å². The number of carboxylic acid groups (broad SMARTS) is 1. The Morgan fingerprint density at radius 3 is 2.60 bits per heavy atom. The van der Waals surface area contributed by atoms with Crippen LogP contribution in [-0.4, -0.2) is 36.9 Å². The van der Waals surface area contributed by atoms with Crippen LogP contribution in [0.3, 0.4) is 0 Å². The van der Waals surface area contributed by atoms with E-state index in [0.717, 1.165) is 16.4 Å². The van der Waals surface area contributed by atoms with Gasteiger partial charge in [0.2, 0.25) is 10.0 Å². The molecule has 138 valence electrons. The Balaban J connectivity index is 1.98. The largest absolute Gasteiger partial charge is 0.481 e. The van der Waals surface area contributed by atoms with Crippen LogP contribution in [0.25, 0.3) is 0 Å². The summed E-state index contributed by atoms with van der Waals surface area (Å²) in [6, 6.07) is 2.90. The number of benzene rings is 1. The second-order valence-electron chi connectivity index (χ2n) is 6.82. The van der Waals surface area contributed by atoms with Gasteiger partial charge >= 0.3 is 12.1 Å². The van der Waals surface area contributed by atoms with Crippen molar-refractivity contribution >= 4 is 16.0 Å². The van der Waals surface area contributed by atoms with Crippen molar-refractivity contribution < 1.29 is 31.5 Å². The molecule has 9 heteroatoms. The fraction of sp³-hybridized carbons (Fsp3) is 0.562. The third-order valence-corrected chi connectivity index (χ3v) is 7.23. The van der Waals surface area contributed by atoms with E-state index in [9.17, 15) is 31.5 Å². The Morgan fingerprint density at radius 2 is 2.04 bits per heavy atom. The molecule has 0 aromatic heterocycles. The zero-order valence-electron chi connectivity index (χ0n) is 13.5. The zero-order chi connectivity index (χ0) is 18.6. The summed E-state index contributed by atoms with van der Waals surface area (Å²) in [7, 11) is -4.18. The van der Waals surface area contributed by atoms with E-state index >= 15 is 0 Å². The van der Waals surface area contributed by atoms with E-state index in [2.05, 4.69) is 0 Å². The van der Waals surface area contributed by atoms with Gasteiger partial charge in [-0.3, -0.25) is 4.79 Å². The van der Waals surface area contributed by atoms with Crippen molar-refractivity contribution in [3.05, 3.63) is 29.3 Å². The van der Waals surface area contributed by atoms with E-state index in [1.54, 1.807) is 0 Å². The van der Waals surface area contributed by atoms with Gasteiger partial charge in [0.25, 0.3) is 0 Å². The van der Waals surface area contributed by atoms with Crippen LogP contribution in [-0.2, 0) is 21.0 Å². The van der Waals surface area contributed by atoms with Gasteiger partial charge in [0.1, 0.15) is 0 Å². The van der Waals surface area contributed by atoms with Crippen molar-refractivity contribution in [2.24, 2.45) is 11.3 Å². The van der Waals surface area contributed by atoms with Crippen LogP contribution in [0.5, 0.6) is 0 Å². The zero-order valence-corrected chi connectivity index (χ0v) is 14.3. The Morgan fingerprint density at radius 1 is 1.36 bits per heavy atom. The minimum absolute atomic E-state index is 0.0316. The standard InChI is InChI=1S/C16H18F3NO4S/c1-10-4-5-12(7-13(10)16(17,18)19)25(23,24)20-8-11-3-2-6-15(11,9-20)14(21)22/h4-5,7,11H,2-3,6,8-9H2,1H3,(H,21,22)/t11-,15+/m0/s1. The van der Waals surface area contributed by atoms with Crippen LogP contribution >= 0.6 is 0 Å². The number of sulfonamides is 1. The maximum absolute atomic E-state index is 13.1. The first-order valence-corrected chi connectivity index (χ1v) is 9.34.